The van der Waals surface area contributed by atoms with Crippen LogP contribution in [-0.4, -0.2) is 26.6 Å². The van der Waals surface area contributed by atoms with Crippen LogP contribution in [0.2, 0.25) is 0 Å². The Bertz CT molecular complexity index is 521. The highest BCUT2D eigenvalue weighted by Gasteiger charge is 2.30. The minimum atomic E-state index is -4.30. The van der Waals surface area contributed by atoms with Crippen molar-refractivity contribution >= 4 is 22.8 Å². The predicted octanol–water partition coefficient (Wildman–Crippen LogP) is 2.77. The van der Waals surface area contributed by atoms with Gasteiger partial charge in [0.2, 0.25) is 0 Å². The third kappa shape index (κ3) is 2.69. The predicted molar refractivity (Wildman–Crippen MR) is 58.0 cm³/mol. The summed E-state index contributed by atoms with van der Waals surface area (Å²) in [5.41, 5.74) is 0.696. The van der Waals surface area contributed by atoms with Crippen LogP contribution in [0.25, 0.3) is 11.2 Å². The van der Waals surface area contributed by atoms with Gasteiger partial charge in [-0.1, -0.05) is 0 Å². The fourth-order valence-corrected chi connectivity index (χ4v) is 1.80. The lowest BCUT2D eigenvalue weighted by molar-refractivity contribution is -0.140. The van der Waals surface area contributed by atoms with Crippen LogP contribution < -0.4 is 0 Å². The van der Waals surface area contributed by atoms with E-state index in [9.17, 15) is 13.2 Å². The molecule has 3 nitrogen and oxygen atoms in total. The molecule has 0 saturated carbocycles. The van der Waals surface area contributed by atoms with Crippen LogP contribution in [0.5, 0.6) is 0 Å². The van der Waals surface area contributed by atoms with Gasteiger partial charge in [-0.25, -0.2) is 9.97 Å². The second-order valence-corrected chi connectivity index (χ2v) is 3.89. The Balaban J connectivity index is 2.51. The number of alkyl halides is 4. The van der Waals surface area contributed by atoms with Gasteiger partial charge in [-0.15, -0.1) is 11.6 Å². The Labute approximate surface area is 100 Å². The zero-order chi connectivity index (χ0) is 12.5. The summed E-state index contributed by atoms with van der Waals surface area (Å²) in [6.45, 7) is -1.09. The van der Waals surface area contributed by atoms with Crippen molar-refractivity contribution in [3.05, 3.63) is 24.2 Å². The van der Waals surface area contributed by atoms with Gasteiger partial charge in [0, 0.05) is 18.5 Å². The lowest BCUT2D eigenvalue weighted by Gasteiger charge is -2.10. The van der Waals surface area contributed by atoms with E-state index in [1.165, 1.54) is 6.20 Å². The van der Waals surface area contributed by atoms with Crippen LogP contribution in [0.15, 0.2) is 18.3 Å². The zero-order valence-corrected chi connectivity index (χ0v) is 9.46. The summed E-state index contributed by atoms with van der Waals surface area (Å²) in [5.74, 6) is 0.535. The van der Waals surface area contributed by atoms with Crippen LogP contribution in [-0.2, 0) is 13.0 Å². The summed E-state index contributed by atoms with van der Waals surface area (Å²) >= 11 is 5.55. The minimum absolute atomic E-state index is 0.223. The molecule has 2 aromatic rings. The molecular weight excluding hydrogens is 255 g/mol. The molecular formula is C10H9ClF3N3. The molecule has 2 rings (SSSR count). The van der Waals surface area contributed by atoms with Gasteiger partial charge in [-0.2, -0.15) is 13.2 Å². The lowest BCUT2D eigenvalue weighted by atomic mass is 10.4. The number of hydrogen-bond acceptors (Lipinski definition) is 2. The first-order valence-electron chi connectivity index (χ1n) is 4.94. The van der Waals surface area contributed by atoms with E-state index in [1.807, 2.05) is 0 Å². The van der Waals surface area contributed by atoms with E-state index in [1.54, 1.807) is 12.1 Å². The van der Waals surface area contributed by atoms with Crippen molar-refractivity contribution in [3.63, 3.8) is 0 Å². The molecule has 7 heteroatoms. The molecule has 0 aliphatic heterocycles. The second-order valence-electron chi connectivity index (χ2n) is 3.51. The number of aromatic nitrogens is 3. The number of pyridine rings is 1. The summed E-state index contributed by atoms with van der Waals surface area (Å²) in [7, 11) is 0. The molecule has 0 N–H and O–H groups in total. The number of nitrogens with zero attached hydrogens (tertiary/aromatic N) is 3. The molecule has 0 bridgehead atoms. The van der Waals surface area contributed by atoms with Crippen molar-refractivity contribution in [2.24, 2.45) is 0 Å². The standard InChI is InChI=1S/C10H9ClF3N3/c11-4-3-8-16-7-2-1-5-15-9(7)17(8)6-10(12,13)14/h1-2,5H,3-4,6H2. The Morgan fingerprint density at radius 3 is 2.76 bits per heavy atom. The Kier molecular flexibility index (Phi) is 3.24. The molecule has 17 heavy (non-hydrogen) atoms. The van der Waals surface area contributed by atoms with Gasteiger partial charge in [0.1, 0.15) is 17.9 Å². The summed E-state index contributed by atoms with van der Waals surface area (Å²) in [4.78, 5) is 8.03. The third-order valence-electron chi connectivity index (χ3n) is 2.24. The molecule has 92 valence electrons. The molecule has 0 fully saturated rings. The number of fused-ring (bicyclic) bond motifs is 1. The van der Waals surface area contributed by atoms with Gasteiger partial charge in [0.15, 0.2) is 5.65 Å². The summed E-state index contributed by atoms with van der Waals surface area (Å²) in [6, 6.07) is 3.27. The van der Waals surface area contributed by atoms with E-state index in [-0.39, 0.29) is 17.9 Å². The molecule has 2 heterocycles. The van der Waals surface area contributed by atoms with Crippen molar-refractivity contribution in [2.75, 3.05) is 5.88 Å². The van der Waals surface area contributed by atoms with Gasteiger partial charge in [-0.05, 0) is 12.1 Å². The van der Waals surface area contributed by atoms with Crippen molar-refractivity contribution in [1.29, 1.82) is 0 Å². The fourth-order valence-electron chi connectivity index (χ4n) is 1.63. The topological polar surface area (TPSA) is 30.7 Å². The molecule has 0 radical (unpaired) electrons. The van der Waals surface area contributed by atoms with E-state index in [2.05, 4.69) is 9.97 Å². The highest BCUT2D eigenvalue weighted by atomic mass is 35.5. The smallest absolute Gasteiger partial charge is 0.303 e. The van der Waals surface area contributed by atoms with Crippen LogP contribution in [0.3, 0.4) is 0 Å². The minimum Gasteiger partial charge on any atom is -0.303 e. The van der Waals surface area contributed by atoms with Crippen LogP contribution in [0.1, 0.15) is 5.82 Å². The Morgan fingerprint density at radius 2 is 2.12 bits per heavy atom. The normalized spacial score (nSPS) is 12.2. The van der Waals surface area contributed by atoms with Gasteiger partial charge in [0.25, 0.3) is 0 Å². The maximum absolute atomic E-state index is 12.5. The number of rotatable bonds is 3. The molecule has 0 atom stereocenters. The summed E-state index contributed by atoms with van der Waals surface area (Å²) in [6.07, 6.45) is -2.57. The monoisotopic (exact) mass is 263 g/mol. The van der Waals surface area contributed by atoms with Crippen molar-refractivity contribution in [2.45, 2.75) is 19.1 Å². The first-order valence-corrected chi connectivity index (χ1v) is 5.47. The van der Waals surface area contributed by atoms with E-state index in [4.69, 9.17) is 11.6 Å². The fraction of sp³-hybridized carbons (Fsp3) is 0.400. The van der Waals surface area contributed by atoms with E-state index in [0.29, 0.717) is 11.3 Å². The largest absolute Gasteiger partial charge is 0.406 e. The van der Waals surface area contributed by atoms with Gasteiger partial charge in [0.05, 0.1) is 0 Å². The number of imidazole rings is 1. The van der Waals surface area contributed by atoms with Gasteiger partial charge >= 0.3 is 6.18 Å². The molecule has 0 saturated heterocycles. The lowest BCUT2D eigenvalue weighted by Crippen LogP contribution is -2.20. The van der Waals surface area contributed by atoms with Crippen LogP contribution in [0.4, 0.5) is 13.2 Å². The highest BCUT2D eigenvalue weighted by Crippen LogP contribution is 2.22. The van der Waals surface area contributed by atoms with Crippen molar-refractivity contribution < 1.29 is 13.2 Å². The van der Waals surface area contributed by atoms with Crippen molar-refractivity contribution in [3.8, 4) is 0 Å². The molecule has 0 amide bonds. The highest BCUT2D eigenvalue weighted by molar-refractivity contribution is 6.17. The maximum atomic E-state index is 12.5. The quantitative estimate of drug-likeness (QED) is 0.797. The Morgan fingerprint density at radius 1 is 1.35 bits per heavy atom. The van der Waals surface area contributed by atoms with Gasteiger partial charge in [-0.3, -0.25) is 0 Å². The SMILES string of the molecule is FC(F)(F)Cn1c(CCCl)nc2cccnc21. The van der Waals surface area contributed by atoms with E-state index in [0.717, 1.165) is 4.57 Å². The number of aryl methyl sites for hydroxylation is 1. The molecule has 0 aliphatic carbocycles. The molecule has 2 aromatic heterocycles. The van der Waals surface area contributed by atoms with Crippen LogP contribution in [0, 0.1) is 0 Å². The Hall–Kier alpha value is -1.30. The number of halogens is 4. The molecule has 0 aliphatic rings. The van der Waals surface area contributed by atoms with Crippen LogP contribution >= 0.6 is 11.6 Å². The number of hydrogen-bond donors (Lipinski definition) is 0. The average Bonchev–Trinajstić information content (AvgIpc) is 2.56. The van der Waals surface area contributed by atoms with E-state index >= 15 is 0 Å². The first kappa shape index (κ1) is 12.2. The zero-order valence-electron chi connectivity index (χ0n) is 8.71. The van der Waals surface area contributed by atoms with Gasteiger partial charge < -0.3 is 4.57 Å². The van der Waals surface area contributed by atoms with Crippen molar-refractivity contribution in [1.82, 2.24) is 14.5 Å². The third-order valence-corrected chi connectivity index (χ3v) is 2.43. The second kappa shape index (κ2) is 4.52. The van der Waals surface area contributed by atoms with E-state index < -0.39 is 12.7 Å². The molecule has 0 unspecified atom stereocenters. The first-order chi connectivity index (χ1) is 8.01. The summed E-state index contributed by atoms with van der Waals surface area (Å²) in [5, 5.41) is 0. The molecule has 0 spiro atoms. The molecule has 0 aromatic carbocycles. The average molecular weight is 264 g/mol. The summed E-state index contributed by atoms with van der Waals surface area (Å²) < 4.78 is 38.4. The maximum Gasteiger partial charge on any atom is 0.406 e.